The van der Waals surface area contributed by atoms with Crippen LogP contribution >= 0.6 is 11.8 Å². The van der Waals surface area contributed by atoms with Gasteiger partial charge >= 0.3 is 0 Å². The molecule has 0 saturated carbocycles. The first kappa shape index (κ1) is 21.3. The van der Waals surface area contributed by atoms with Crippen molar-refractivity contribution in [1.29, 1.82) is 0 Å². The minimum atomic E-state index is -0.285. The third-order valence-electron chi connectivity index (χ3n) is 4.59. The number of benzene rings is 1. The first-order valence-corrected chi connectivity index (χ1v) is 10.8. The first-order chi connectivity index (χ1) is 14.1. The first-order valence-electron chi connectivity index (χ1n) is 9.86. The highest BCUT2D eigenvalue weighted by molar-refractivity contribution is 7.99. The van der Waals surface area contributed by atoms with E-state index in [4.69, 9.17) is 4.74 Å². The molecular weight excluding hydrogens is 392 g/mol. The van der Waals surface area contributed by atoms with E-state index in [2.05, 4.69) is 15.6 Å². The van der Waals surface area contributed by atoms with Crippen molar-refractivity contribution in [2.75, 3.05) is 25.4 Å². The summed E-state index contributed by atoms with van der Waals surface area (Å²) in [7, 11) is 0. The number of nitrogens with one attached hydrogen (secondary N) is 2. The van der Waals surface area contributed by atoms with Crippen molar-refractivity contribution in [3.05, 3.63) is 34.6 Å². The fourth-order valence-electron chi connectivity index (χ4n) is 3.10. The third kappa shape index (κ3) is 5.80. The van der Waals surface area contributed by atoms with Gasteiger partial charge in [0.2, 0.25) is 11.8 Å². The molecule has 2 N–H and O–H groups in total. The van der Waals surface area contributed by atoms with Gasteiger partial charge in [0.15, 0.2) is 5.16 Å². The number of carbonyl (C=O) groups excluding carboxylic acids is 2. The number of ether oxygens (including phenoxy) is 1. The number of amides is 2. The van der Waals surface area contributed by atoms with E-state index in [1.54, 1.807) is 16.7 Å². The monoisotopic (exact) mass is 418 g/mol. The van der Waals surface area contributed by atoms with Gasteiger partial charge in [0.05, 0.1) is 35.8 Å². The summed E-state index contributed by atoms with van der Waals surface area (Å²) in [4.78, 5) is 41.4. The van der Waals surface area contributed by atoms with Crippen molar-refractivity contribution in [3.63, 3.8) is 0 Å². The van der Waals surface area contributed by atoms with Crippen molar-refractivity contribution >= 4 is 34.5 Å². The highest BCUT2D eigenvalue weighted by Gasteiger charge is 2.20. The Morgan fingerprint density at radius 3 is 2.86 bits per heavy atom. The zero-order valence-electron chi connectivity index (χ0n) is 16.5. The summed E-state index contributed by atoms with van der Waals surface area (Å²) in [6, 6.07) is 7.18. The Kier molecular flexibility index (Phi) is 7.65. The van der Waals surface area contributed by atoms with Crippen LogP contribution in [0.3, 0.4) is 0 Å². The summed E-state index contributed by atoms with van der Waals surface area (Å²) in [6.07, 6.45) is 2.69. The van der Waals surface area contributed by atoms with Gasteiger partial charge in [-0.1, -0.05) is 30.8 Å². The number of carbonyl (C=O) groups is 2. The molecule has 3 rings (SSSR count). The van der Waals surface area contributed by atoms with Gasteiger partial charge < -0.3 is 15.4 Å². The van der Waals surface area contributed by atoms with Crippen LogP contribution in [-0.2, 0) is 20.9 Å². The summed E-state index contributed by atoms with van der Waals surface area (Å²) in [5.74, 6) is -0.436. The van der Waals surface area contributed by atoms with Gasteiger partial charge in [-0.3, -0.25) is 19.0 Å². The van der Waals surface area contributed by atoms with E-state index in [9.17, 15) is 14.4 Å². The molecule has 8 nitrogen and oxygen atoms in total. The zero-order chi connectivity index (χ0) is 20.6. The lowest BCUT2D eigenvalue weighted by atomic mass is 10.2. The van der Waals surface area contributed by atoms with Gasteiger partial charge in [0.25, 0.3) is 5.56 Å². The second kappa shape index (κ2) is 10.4. The second-order valence-corrected chi connectivity index (χ2v) is 7.82. The molecule has 1 aliphatic rings. The standard InChI is InChI=1S/C20H26N4O4S/c1-2-9-21-17(25)11-22-18(26)13-29-20-23-16-8-4-3-7-15(16)19(27)24(20)12-14-6-5-10-28-14/h3-4,7-8,14H,2,5-6,9-13H2,1H3,(H,21,25)(H,22,26)/t14-/m0/s1. The van der Waals surface area contributed by atoms with Crippen molar-refractivity contribution in [2.24, 2.45) is 0 Å². The topological polar surface area (TPSA) is 102 Å². The van der Waals surface area contributed by atoms with Crippen LogP contribution in [-0.4, -0.2) is 52.9 Å². The molecule has 1 saturated heterocycles. The lowest BCUT2D eigenvalue weighted by Gasteiger charge is -2.16. The Bertz CT molecular complexity index is 924. The number of para-hydroxylation sites is 1. The Labute approximate surface area is 173 Å². The maximum Gasteiger partial charge on any atom is 0.262 e. The average molecular weight is 419 g/mol. The minimum Gasteiger partial charge on any atom is -0.376 e. The molecule has 2 heterocycles. The molecule has 0 unspecified atom stereocenters. The van der Waals surface area contributed by atoms with Crippen LogP contribution in [0.2, 0.25) is 0 Å². The maximum absolute atomic E-state index is 13.0. The van der Waals surface area contributed by atoms with Crippen molar-refractivity contribution in [2.45, 2.75) is 44.0 Å². The van der Waals surface area contributed by atoms with E-state index >= 15 is 0 Å². The largest absolute Gasteiger partial charge is 0.376 e. The Morgan fingerprint density at radius 1 is 1.28 bits per heavy atom. The van der Waals surface area contributed by atoms with Crippen LogP contribution in [0.1, 0.15) is 26.2 Å². The highest BCUT2D eigenvalue weighted by Crippen LogP contribution is 2.20. The van der Waals surface area contributed by atoms with Crippen molar-refractivity contribution in [3.8, 4) is 0 Å². The normalized spacial score (nSPS) is 16.1. The molecule has 0 spiro atoms. The predicted molar refractivity (Wildman–Crippen MR) is 112 cm³/mol. The summed E-state index contributed by atoms with van der Waals surface area (Å²) in [5.41, 5.74) is 0.468. The van der Waals surface area contributed by atoms with Gasteiger partial charge in [-0.15, -0.1) is 0 Å². The molecule has 1 fully saturated rings. The van der Waals surface area contributed by atoms with Gasteiger partial charge in [-0.2, -0.15) is 0 Å². The van der Waals surface area contributed by atoms with E-state index in [1.165, 1.54) is 11.8 Å². The lowest BCUT2D eigenvalue weighted by molar-refractivity contribution is -0.124. The Balaban J connectivity index is 1.70. The fourth-order valence-corrected chi connectivity index (χ4v) is 3.94. The molecule has 156 valence electrons. The predicted octanol–water partition coefficient (Wildman–Crippen LogP) is 1.31. The van der Waals surface area contributed by atoms with Gasteiger partial charge in [0.1, 0.15) is 0 Å². The number of hydrogen-bond donors (Lipinski definition) is 2. The average Bonchev–Trinajstić information content (AvgIpc) is 3.24. The van der Waals surface area contributed by atoms with E-state index in [0.29, 0.717) is 35.8 Å². The molecule has 0 aliphatic carbocycles. The lowest BCUT2D eigenvalue weighted by Crippen LogP contribution is -2.38. The second-order valence-electron chi connectivity index (χ2n) is 6.88. The molecule has 9 heteroatoms. The third-order valence-corrected chi connectivity index (χ3v) is 5.56. The van der Waals surface area contributed by atoms with E-state index < -0.39 is 0 Å². The van der Waals surface area contributed by atoms with Gasteiger partial charge in [-0.05, 0) is 31.4 Å². The molecule has 0 bridgehead atoms. The molecular formula is C20H26N4O4S. The molecule has 2 aromatic rings. The fraction of sp³-hybridized carbons (Fsp3) is 0.500. The summed E-state index contributed by atoms with van der Waals surface area (Å²) < 4.78 is 7.28. The van der Waals surface area contributed by atoms with Crippen LogP contribution in [0.25, 0.3) is 10.9 Å². The number of nitrogens with zero attached hydrogens (tertiary/aromatic N) is 2. The van der Waals surface area contributed by atoms with E-state index in [0.717, 1.165) is 19.3 Å². The van der Waals surface area contributed by atoms with Crippen LogP contribution in [0, 0.1) is 0 Å². The maximum atomic E-state index is 13.0. The molecule has 1 aromatic heterocycles. The van der Waals surface area contributed by atoms with Crippen LogP contribution in [0.4, 0.5) is 0 Å². The van der Waals surface area contributed by atoms with Crippen LogP contribution < -0.4 is 16.2 Å². The van der Waals surface area contributed by atoms with Crippen molar-refractivity contribution in [1.82, 2.24) is 20.2 Å². The molecule has 2 amide bonds. The van der Waals surface area contributed by atoms with Gasteiger partial charge in [-0.25, -0.2) is 4.98 Å². The number of thioether (sulfide) groups is 1. The van der Waals surface area contributed by atoms with Crippen molar-refractivity contribution < 1.29 is 14.3 Å². The quantitative estimate of drug-likeness (QED) is 0.470. The smallest absolute Gasteiger partial charge is 0.262 e. The van der Waals surface area contributed by atoms with E-state index in [-0.39, 0.29) is 35.8 Å². The number of hydrogen-bond acceptors (Lipinski definition) is 6. The van der Waals surface area contributed by atoms with Crippen LogP contribution in [0.5, 0.6) is 0 Å². The molecule has 1 aliphatic heterocycles. The number of rotatable bonds is 9. The Morgan fingerprint density at radius 2 is 2.10 bits per heavy atom. The van der Waals surface area contributed by atoms with Crippen LogP contribution in [0.15, 0.2) is 34.2 Å². The SMILES string of the molecule is CCCNC(=O)CNC(=O)CSc1nc2ccccc2c(=O)n1C[C@@H]1CCCO1. The molecule has 0 radical (unpaired) electrons. The molecule has 29 heavy (non-hydrogen) atoms. The minimum absolute atomic E-state index is 0.0221. The van der Waals surface area contributed by atoms with Gasteiger partial charge in [0, 0.05) is 13.2 Å². The van der Waals surface area contributed by atoms with E-state index in [1.807, 2.05) is 19.1 Å². The number of aromatic nitrogens is 2. The summed E-state index contributed by atoms with van der Waals surface area (Å²) in [6.45, 7) is 3.60. The summed E-state index contributed by atoms with van der Waals surface area (Å²) in [5, 5.41) is 6.33. The Hall–Kier alpha value is -2.39. The number of fused-ring (bicyclic) bond motifs is 1. The highest BCUT2D eigenvalue weighted by atomic mass is 32.2. The molecule has 1 atom stereocenters. The molecule has 1 aromatic carbocycles. The zero-order valence-corrected chi connectivity index (χ0v) is 17.3. The summed E-state index contributed by atoms with van der Waals surface area (Å²) >= 11 is 1.19.